The molecule has 0 amide bonds. The highest BCUT2D eigenvalue weighted by molar-refractivity contribution is 6.70. The zero-order chi connectivity index (χ0) is 19.2. The normalized spacial score (nSPS) is 14.9. The Morgan fingerprint density at radius 3 is 1.64 bits per heavy atom. The fourth-order valence-corrected chi connectivity index (χ4v) is 6.27. The average molecular weight is 412 g/mol. The van der Waals surface area contributed by atoms with Crippen LogP contribution >= 0.6 is 23.2 Å². The van der Waals surface area contributed by atoms with Crippen LogP contribution in [0.15, 0.2) is 0 Å². The minimum atomic E-state index is -1.05. The predicted octanol–water partition coefficient (Wildman–Crippen LogP) is 7.73. The zero-order valence-electron chi connectivity index (χ0n) is 17.6. The lowest BCUT2D eigenvalue weighted by molar-refractivity contribution is -0.0254. The molecule has 1 nitrogen and oxygen atoms in total. The number of hydrogen-bond donors (Lipinski definition) is 0. The van der Waals surface area contributed by atoms with E-state index in [0.29, 0.717) is 12.5 Å². The highest BCUT2D eigenvalue weighted by atomic mass is 35.5. The van der Waals surface area contributed by atoms with E-state index in [0.717, 1.165) is 6.42 Å². The molecule has 0 fully saturated rings. The number of hydrogen-bond acceptors (Lipinski definition) is 1. The summed E-state index contributed by atoms with van der Waals surface area (Å²) in [6.45, 7) is 11.9. The van der Waals surface area contributed by atoms with Gasteiger partial charge in [-0.15, -0.1) is 23.2 Å². The van der Waals surface area contributed by atoms with Gasteiger partial charge >= 0.3 is 0 Å². The van der Waals surface area contributed by atoms with Crippen LogP contribution in [-0.2, 0) is 4.74 Å². The van der Waals surface area contributed by atoms with Crippen molar-refractivity contribution in [2.24, 2.45) is 0 Å². The van der Waals surface area contributed by atoms with E-state index >= 15 is 0 Å². The Bertz CT molecular complexity index is 310. The Labute approximate surface area is 170 Å². The molecule has 0 aromatic heterocycles. The van der Waals surface area contributed by atoms with E-state index in [1.54, 1.807) is 0 Å². The third-order valence-corrected chi connectivity index (χ3v) is 10.5. The summed E-state index contributed by atoms with van der Waals surface area (Å²) in [6.07, 6.45) is 16.2. The summed E-state index contributed by atoms with van der Waals surface area (Å²) in [5.74, 6) is 0.536. The van der Waals surface area contributed by atoms with Crippen LogP contribution in [0.4, 0.5) is 0 Å². The molecule has 0 aliphatic rings. The second kappa shape index (κ2) is 14.8. The zero-order valence-corrected chi connectivity index (χ0v) is 20.3. The summed E-state index contributed by atoms with van der Waals surface area (Å²) < 4.78 is 5.84. The maximum absolute atomic E-state index is 7.12. The molecule has 0 bridgehead atoms. The van der Waals surface area contributed by atoms with Gasteiger partial charge in [-0.1, -0.05) is 90.6 Å². The van der Waals surface area contributed by atoms with Gasteiger partial charge in [-0.25, -0.2) is 0 Å². The molecule has 0 aliphatic heterocycles. The lowest BCUT2D eigenvalue weighted by Gasteiger charge is -2.44. The van der Waals surface area contributed by atoms with Gasteiger partial charge in [0.05, 0.1) is 25.5 Å². The maximum Gasteiger partial charge on any atom is 0.0787 e. The molecule has 0 aromatic carbocycles. The topological polar surface area (TPSA) is 9.23 Å². The Morgan fingerprint density at radius 2 is 1.24 bits per heavy atom. The molecule has 0 rings (SSSR count). The third kappa shape index (κ3) is 10.6. The van der Waals surface area contributed by atoms with Crippen molar-refractivity contribution in [3.63, 3.8) is 0 Å². The summed E-state index contributed by atoms with van der Waals surface area (Å²) in [5, 5.41) is 0. The van der Waals surface area contributed by atoms with Crippen LogP contribution in [0.5, 0.6) is 0 Å². The number of alkyl halides is 2. The van der Waals surface area contributed by atoms with Crippen molar-refractivity contribution in [3.05, 3.63) is 0 Å². The van der Waals surface area contributed by atoms with Gasteiger partial charge in [0, 0.05) is 5.88 Å². The Kier molecular flexibility index (Phi) is 15.2. The smallest absolute Gasteiger partial charge is 0.0787 e. The molecule has 0 radical (unpaired) electrons. The van der Waals surface area contributed by atoms with E-state index in [2.05, 4.69) is 33.9 Å². The molecular formula is C21H44Cl2OSi. The van der Waals surface area contributed by atoms with Crippen LogP contribution < -0.4 is 0 Å². The fraction of sp³-hybridized carbons (Fsp3) is 1.00. The molecule has 0 saturated heterocycles. The van der Waals surface area contributed by atoms with Crippen LogP contribution in [0.3, 0.4) is 0 Å². The Morgan fingerprint density at radius 1 is 0.800 bits per heavy atom. The van der Waals surface area contributed by atoms with E-state index in [4.69, 9.17) is 27.9 Å². The predicted molar refractivity (Wildman–Crippen MR) is 119 cm³/mol. The quantitative estimate of drug-likeness (QED) is 0.135. The van der Waals surface area contributed by atoms with Gasteiger partial charge in [-0.3, -0.25) is 0 Å². The van der Waals surface area contributed by atoms with Gasteiger partial charge in [0.25, 0.3) is 0 Å². The van der Waals surface area contributed by atoms with Crippen molar-refractivity contribution in [1.29, 1.82) is 0 Å². The molecular weight excluding hydrogens is 367 g/mol. The first-order valence-electron chi connectivity index (χ1n) is 10.7. The minimum Gasteiger partial charge on any atom is -0.373 e. The van der Waals surface area contributed by atoms with Gasteiger partial charge in [-0.05, 0) is 20.3 Å². The van der Waals surface area contributed by atoms with Gasteiger partial charge < -0.3 is 4.74 Å². The second-order valence-electron chi connectivity index (χ2n) is 8.35. The van der Waals surface area contributed by atoms with Crippen LogP contribution in [0.1, 0.15) is 97.8 Å². The van der Waals surface area contributed by atoms with Crippen LogP contribution in [-0.4, -0.2) is 31.4 Å². The fourth-order valence-electron chi connectivity index (χ4n) is 3.75. The molecule has 0 heterocycles. The third-order valence-electron chi connectivity index (χ3n) is 5.60. The van der Waals surface area contributed by atoms with E-state index in [1.807, 2.05) is 0 Å². The molecule has 0 saturated carbocycles. The number of unbranched alkanes of at least 4 members (excludes halogenated alkanes) is 10. The number of ether oxygens (including phenoxy) is 1. The first-order chi connectivity index (χ1) is 11.8. The summed E-state index contributed by atoms with van der Waals surface area (Å²) in [5.41, 5.74) is -0.289. The highest BCUT2D eigenvalue weighted by Crippen LogP contribution is 2.39. The van der Waals surface area contributed by atoms with Crippen molar-refractivity contribution < 1.29 is 4.74 Å². The van der Waals surface area contributed by atoms with Gasteiger partial charge in [0.15, 0.2) is 0 Å². The van der Waals surface area contributed by atoms with E-state index in [1.165, 1.54) is 70.6 Å². The summed E-state index contributed by atoms with van der Waals surface area (Å²) in [7, 11) is -1.05. The van der Waals surface area contributed by atoms with Crippen LogP contribution in [0.2, 0.25) is 13.1 Å². The summed E-state index contributed by atoms with van der Waals surface area (Å²) >= 11 is 12.9. The van der Waals surface area contributed by atoms with Gasteiger partial charge in [-0.2, -0.15) is 0 Å². The number of rotatable bonds is 17. The summed E-state index contributed by atoms with van der Waals surface area (Å²) in [6, 6.07) is 0. The van der Waals surface area contributed by atoms with E-state index in [9.17, 15) is 0 Å². The van der Waals surface area contributed by atoms with E-state index < -0.39 is 8.80 Å². The monoisotopic (exact) mass is 410 g/mol. The standard InChI is InChI=1S/C21H44Cl2OSi/c1-6-7-8-9-10-11-12-13-14-15-16-17-21(23,25(4)5)20(2,3)24-19-18-22/h25H,6-19H2,1-5H3. The first-order valence-corrected chi connectivity index (χ1v) is 14.5. The van der Waals surface area contributed by atoms with Crippen molar-refractivity contribution in [1.82, 2.24) is 0 Å². The van der Waals surface area contributed by atoms with Crippen molar-refractivity contribution >= 4 is 32.0 Å². The van der Waals surface area contributed by atoms with Crippen LogP contribution in [0.25, 0.3) is 0 Å². The van der Waals surface area contributed by atoms with Crippen molar-refractivity contribution in [2.75, 3.05) is 12.5 Å². The van der Waals surface area contributed by atoms with Gasteiger partial charge in [0.2, 0.25) is 0 Å². The lowest BCUT2D eigenvalue weighted by Crippen LogP contribution is -2.55. The minimum absolute atomic E-state index is 0.182. The maximum atomic E-state index is 7.12. The first kappa shape index (κ1) is 25.8. The SMILES string of the molecule is CCCCCCCCCCCCCC(Cl)([SiH](C)C)C(C)(C)OCCCl. The van der Waals surface area contributed by atoms with Crippen molar-refractivity contribution in [2.45, 2.75) is 121 Å². The molecule has 0 aliphatic carbocycles. The molecule has 0 N–H and O–H groups in total. The largest absolute Gasteiger partial charge is 0.373 e. The molecule has 0 spiro atoms. The Hall–Kier alpha value is 0.757. The molecule has 1 atom stereocenters. The molecule has 4 heteroatoms. The second-order valence-corrected chi connectivity index (χ2v) is 13.1. The number of halogens is 2. The molecule has 25 heavy (non-hydrogen) atoms. The molecule has 0 aromatic rings. The lowest BCUT2D eigenvalue weighted by atomic mass is 9.97. The van der Waals surface area contributed by atoms with Crippen molar-refractivity contribution in [3.8, 4) is 0 Å². The Balaban J connectivity index is 3.94. The van der Waals surface area contributed by atoms with Gasteiger partial charge in [0.1, 0.15) is 0 Å². The van der Waals surface area contributed by atoms with Crippen LogP contribution in [0, 0.1) is 0 Å². The molecule has 1 unspecified atom stereocenters. The van der Waals surface area contributed by atoms with E-state index in [-0.39, 0.29) is 10.1 Å². The molecule has 152 valence electrons. The average Bonchev–Trinajstić information content (AvgIpc) is 2.57. The summed E-state index contributed by atoms with van der Waals surface area (Å²) in [4.78, 5) is 0. The highest BCUT2D eigenvalue weighted by Gasteiger charge is 2.46.